The summed E-state index contributed by atoms with van der Waals surface area (Å²) in [4.78, 5) is 35.0. The average Bonchev–Trinajstić information content (AvgIpc) is 2.83. The molecule has 0 unspecified atom stereocenters. The van der Waals surface area contributed by atoms with Gasteiger partial charge in [-0.25, -0.2) is 4.79 Å². The number of fused-ring (bicyclic) bond motifs is 1. The number of esters is 3. The molecule has 0 aromatic heterocycles. The van der Waals surface area contributed by atoms with Crippen molar-refractivity contribution in [3.8, 4) is 0 Å². The summed E-state index contributed by atoms with van der Waals surface area (Å²) in [5.74, 6) is -1.46. The van der Waals surface area contributed by atoms with E-state index in [0.717, 1.165) is 11.1 Å². The van der Waals surface area contributed by atoms with Gasteiger partial charge in [0.2, 0.25) is 0 Å². The van der Waals surface area contributed by atoms with Crippen LogP contribution in [0.2, 0.25) is 0 Å². The predicted molar refractivity (Wildman–Crippen MR) is 91.8 cm³/mol. The van der Waals surface area contributed by atoms with Crippen molar-refractivity contribution >= 4 is 17.9 Å². The van der Waals surface area contributed by atoms with Crippen molar-refractivity contribution in [2.45, 2.75) is 58.8 Å². The van der Waals surface area contributed by atoms with Crippen molar-refractivity contribution in [2.75, 3.05) is 6.61 Å². The number of hydrogen-bond donors (Lipinski definition) is 1. The summed E-state index contributed by atoms with van der Waals surface area (Å²) in [7, 11) is 0. The van der Waals surface area contributed by atoms with Gasteiger partial charge in [-0.3, -0.25) is 9.59 Å². The molecule has 142 valence electrons. The second kappa shape index (κ2) is 8.31. The molecule has 2 aliphatic rings. The van der Waals surface area contributed by atoms with E-state index in [1.807, 2.05) is 13.0 Å². The first kappa shape index (κ1) is 19.9. The molecule has 0 saturated carbocycles. The van der Waals surface area contributed by atoms with Crippen molar-refractivity contribution in [2.24, 2.45) is 0 Å². The monoisotopic (exact) mass is 364 g/mol. The molecule has 0 amide bonds. The van der Waals surface area contributed by atoms with Gasteiger partial charge in [0.25, 0.3) is 0 Å². The maximum absolute atomic E-state index is 12.1. The van der Waals surface area contributed by atoms with Gasteiger partial charge in [-0.2, -0.15) is 0 Å². The molecule has 7 nitrogen and oxygen atoms in total. The summed E-state index contributed by atoms with van der Waals surface area (Å²) >= 11 is 0. The van der Waals surface area contributed by atoms with Crippen molar-refractivity contribution < 1.29 is 33.7 Å². The van der Waals surface area contributed by atoms with Gasteiger partial charge in [0.15, 0.2) is 0 Å². The van der Waals surface area contributed by atoms with Crippen molar-refractivity contribution in [3.05, 3.63) is 34.4 Å². The average molecular weight is 364 g/mol. The zero-order valence-corrected chi connectivity index (χ0v) is 15.4. The zero-order valence-electron chi connectivity index (χ0n) is 15.4. The molecule has 0 spiro atoms. The van der Waals surface area contributed by atoms with Crippen LogP contribution in [0.3, 0.4) is 0 Å². The lowest BCUT2D eigenvalue weighted by Crippen LogP contribution is -2.25. The number of ether oxygens (including phenoxy) is 3. The van der Waals surface area contributed by atoms with Crippen LogP contribution in [0.25, 0.3) is 0 Å². The molecule has 1 aliphatic carbocycles. The van der Waals surface area contributed by atoms with Gasteiger partial charge in [-0.15, -0.1) is 0 Å². The van der Waals surface area contributed by atoms with Crippen LogP contribution in [-0.2, 0) is 28.6 Å². The van der Waals surface area contributed by atoms with Crippen LogP contribution >= 0.6 is 0 Å². The number of carbonyl (C=O) groups is 3. The van der Waals surface area contributed by atoms with Crippen LogP contribution in [0.5, 0.6) is 0 Å². The Morgan fingerprint density at radius 3 is 2.35 bits per heavy atom. The topological polar surface area (TPSA) is 99.1 Å². The summed E-state index contributed by atoms with van der Waals surface area (Å²) in [6.07, 6.45) is 2.43. The van der Waals surface area contributed by atoms with Crippen molar-refractivity contribution in [1.29, 1.82) is 0 Å². The fraction of sp³-hybridized carbons (Fsp3) is 0.526. The second-order valence-electron chi connectivity index (χ2n) is 6.48. The molecule has 1 heterocycles. The van der Waals surface area contributed by atoms with E-state index in [4.69, 9.17) is 14.2 Å². The number of hydrogen-bond acceptors (Lipinski definition) is 7. The first-order valence-electron chi connectivity index (χ1n) is 8.46. The van der Waals surface area contributed by atoms with E-state index in [2.05, 4.69) is 0 Å². The normalized spacial score (nSPS) is 30.3. The van der Waals surface area contributed by atoms with Crippen LogP contribution < -0.4 is 0 Å². The Morgan fingerprint density at radius 1 is 1.15 bits per heavy atom. The van der Waals surface area contributed by atoms with Gasteiger partial charge >= 0.3 is 17.9 Å². The highest BCUT2D eigenvalue weighted by atomic mass is 16.6. The molecule has 7 heteroatoms. The number of rotatable bonds is 3. The second-order valence-corrected chi connectivity index (χ2v) is 6.48. The van der Waals surface area contributed by atoms with Gasteiger partial charge in [0, 0.05) is 26.7 Å². The lowest BCUT2D eigenvalue weighted by atomic mass is 9.91. The number of aliphatic hydroxyl groups is 1. The van der Waals surface area contributed by atoms with Gasteiger partial charge in [0.1, 0.15) is 18.3 Å². The largest absolute Gasteiger partial charge is 0.458 e. The Hall–Kier alpha value is -2.41. The van der Waals surface area contributed by atoms with Crippen LogP contribution in [-0.4, -0.2) is 47.9 Å². The minimum Gasteiger partial charge on any atom is -0.458 e. The molecular formula is C19H24O7. The summed E-state index contributed by atoms with van der Waals surface area (Å²) in [6, 6.07) is 0. The number of aliphatic hydroxyl groups excluding tert-OH is 1. The highest BCUT2D eigenvalue weighted by molar-refractivity contribution is 5.93. The standard InChI is InChI=1S/C19H24O7/c1-10-5-6-16(24-12(3)21)11(2)7-18-14(8-17(10)25-13(4)22)15(9-20)19(23)26-18/h5,7,16-18,20H,6,8-9H2,1-4H3/b10-5+,11-7+/t16-,17-,18+/m0/s1. The SMILES string of the molecule is CC(=O)O[C@H]1C/C=C(\C)[C@@H](OC(C)=O)CC2=C(CO)C(=O)O[C@@H]2/C=C/1C. The molecule has 0 aromatic rings. The molecule has 0 bridgehead atoms. The Kier molecular flexibility index (Phi) is 6.37. The summed E-state index contributed by atoms with van der Waals surface area (Å²) in [5, 5.41) is 9.56. The highest BCUT2D eigenvalue weighted by Gasteiger charge is 2.35. The van der Waals surface area contributed by atoms with E-state index in [1.54, 1.807) is 13.0 Å². The fourth-order valence-electron chi connectivity index (χ4n) is 3.09. The third kappa shape index (κ3) is 4.60. The van der Waals surface area contributed by atoms with Gasteiger partial charge in [-0.05, 0) is 36.6 Å². The minimum atomic E-state index is -0.688. The molecule has 3 atom stereocenters. The predicted octanol–water partition coefficient (Wildman–Crippen LogP) is 1.75. The fourth-order valence-corrected chi connectivity index (χ4v) is 3.09. The quantitative estimate of drug-likeness (QED) is 0.463. The molecule has 0 radical (unpaired) electrons. The highest BCUT2D eigenvalue weighted by Crippen LogP contribution is 2.32. The van der Waals surface area contributed by atoms with Crippen LogP contribution in [0.1, 0.15) is 40.5 Å². The third-order valence-corrected chi connectivity index (χ3v) is 4.48. The van der Waals surface area contributed by atoms with Crippen LogP contribution in [0, 0.1) is 0 Å². The lowest BCUT2D eigenvalue weighted by Gasteiger charge is -2.24. The van der Waals surface area contributed by atoms with E-state index >= 15 is 0 Å². The van der Waals surface area contributed by atoms with Gasteiger partial charge in [-0.1, -0.05) is 6.08 Å². The van der Waals surface area contributed by atoms with E-state index in [0.29, 0.717) is 12.0 Å². The molecule has 1 N–H and O–H groups in total. The Labute approximate surface area is 152 Å². The van der Waals surface area contributed by atoms with Crippen molar-refractivity contribution in [3.63, 3.8) is 0 Å². The summed E-state index contributed by atoms with van der Waals surface area (Å²) in [5.41, 5.74) is 2.26. The van der Waals surface area contributed by atoms with E-state index in [9.17, 15) is 19.5 Å². The molecule has 0 fully saturated rings. The molecular weight excluding hydrogens is 340 g/mol. The Morgan fingerprint density at radius 2 is 1.77 bits per heavy atom. The Bertz CT molecular complexity index is 699. The molecule has 0 aromatic carbocycles. The van der Waals surface area contributed by atoms with E-state index in [1.165, 1.54) is 13.8 Å². The van der Waals surface area contributed by atoms with E-state index < -0.39 is 42.8 Å². The first-order chi connectivity index (χ1) is 12.2. The zero-order chi connectivity index (χ0) is 19.4. The Balaban J connectivity index is 2.50. The summed E-state index contributed by atoms with van der Waals surface area (Å²) in [6.45, 7) is 5.79. The molecule has 0 saturated heterocycles. The maximum Gasteiger partial charge on any atom is 0.337 e. The van der Waals surface area contributed by atoms with E-state index in [-0.39, 0.29) is 12.0 Å². The smallest absolute Gasteiger partial charge is 0.337 e. The molecule has 1 aliphatic heterocycles. The maximum atomic E-state index is 12.1. The molecule has 26 heavy (non-hydrogen) atoms. The van der Waals surface area contributed by atoms with Gasteiger partial charge in [0.05, 0.1) is 12.2 Å². The van der Waals surface area contributed by atoms with Crippen LogP contribution in [0.15, 0.2) is 34.4 Å². The lowest BCUT2D eigenvalue weighted by molar-refractivity contribution is -0.145. The van der Waals surface area contributed by atoms with Crippen molar-refractivity contribution in [1.82, 2.24) is 0 Å². The van der Waals surface area contributed by atoms with Gasteiger partial charge < -0.3 is 19.3 Å². The molecule has 2 rings (SSSR count). The summed E-state index contributed by atoms with van der Waals surface area (Å²) < 4.78 is 16.1. The first-order valence-corrected chi connectivity index (χ1v) is 8.46. The third-order valence-electron chi connectivity index (χ3n) is 4.48. The minimum absolute atomic E-state index is 0.175. The number of carbonyl (C=O) groups excluding carboxylic acids is 3. The van der Waals surface area contributed by atoms with Crippen LogP contribution in [0.4, 0.5) is 0 Å².